The third-order valence-electron chi connectivity index (χ3n) is 1.95. The van der Waals surface area contributed by atoms with E-state index in [1.807, 2.05) is 6.07 Å². The molecule has 0 saturated heterocycles. The molecule has 1 aliphatic heterocycles. The second-order valence-corrected chi connectivity index (χ2v) is 4.88. The van der Waals surface area contributed by atoms with Crippen molar-refractivity contribution in [2.24, 2.45) is 10.2 Å². The summed E-state index contributed by atoms with van der Waals surface area (Å²) in [6.07, 6.45) is 0. The van der Waals surface area contributed by atoms with Crippen molar-refractivity contribution in [2.45, 2.75) is 6.92 Å². The normalized spacial score (nSPS) is 18.9. The Morgan fingerprint density at radius 2 is 1.71 bits per heavy atom. The van der Waals surface area contributed by atoms with Crippen molar-refractivity contribution in [1.82, 2.24) is 0 Å². The van der Waals surface area contributed by atoms with Gasteiger partial charge in [0.1, 0.15) is 0 Å². The molecule has 0 saturated carbocycles. The van der Waals surface area contributed by atoms with Gasteiger partial charge in [0.25, 0.3) is 0 Å². The third-order valence-corrected chi connectivity index (χ3v) is 3.63. The van der Waals surface area contributed by atoms with Crippen molar-refractivity contribution in [2.75, 3.05) is 0 Å². The molecule has 0 aliphatic carbocycles. The largest absolute Gasteiger partial charge is 0.241 e. The first kappa shape index (κ1) is 9.08. The standard InChI is InChI=1S/C9H8N2O2S/c1-7-10-11-9(14(7,12)13)8-5-3-2-4-6-8/h2-6H,1H3. The summed E-state index contributed by atoms with van der Waals surface area (Å²) in [6, 6.07) is 8.75. The molecule has 0 amide bonds. The van der Waals surface area contributed by atoms with E-state index in [2.05, 4.69) is 10.2 Å². The number of benzene rings is 1. The fourth-order valence-corrected chi connectivity index (χ4v) is 2.18. The van der Waals surface area contributed by atoms with Crippen molar-refractivity contribution in [3.63, 3.8) is 0 Å². The Morgan fingerprint density at radius 1 is 1.07 bits per heavy atom. The van der Waals surface area contributed by atoms with Crippen molar-refractivity contribution in [3.8, 4) is 0 Å². The predicted octanol–water partition coefficient (Wildman–Crippen LogP) is 1.20. The highest BCUT2D eigenvalue weighted by atomic mass is 32.2. The first-order chi connectivity index (χ1) is 6.62. The summed E-state index contributed by atoms with van der Waals surface area (Å²) >= 11 is 0. The van der Waals surface area contributed by atoms with Crippen LogP contribution in [-0.4, -0.2) is 18.5 Å². The molecule has 4 nitrogen and oxygen atoms in total. The molecule has 0 atom stereocenters. The van der Waals surface area contributed by atoms with Crippen LogP contribution in [0.25, 0.3) is 0 Å². The van der Waals surface area contributed by atoms with Crippen LogP contribution in [0.2, 0.25) is 0 Å². The molecule has 2 rings (SSSR count). The van der Waals surface area contributed by atoms with Crippen molar-refractivity contribution >= 4 is 19.9 Å². The Bertz CT molecular complexity index is 515. The smallest absolute Gasteiger partial charge is 0.215 e. The van der Waals surface area contributed by atoms with Crippen LogP contribution in [0, 0.1) is 0 Å². The minimum Gasteiger partial charge on any atom is -0.215 e. The molecule has 0 unspecified atom stereocenters. The molecule has 1 aliphatic rings. The molecule has 1 heterocycles. The molecule has 72 valence electrons. The number of hydrogen-bond acceptors (Lipinski definition) is 4. The number of rotatable bonds is 1. The average Bonchev–Trinajstić information content (AvgIpc) is 2.44. The van der Waals surface area contributed by atoms with Gasteiger partial charge in [-0.2, -0.15) is 0 Å². The van der Waals surface area contributed by atoms with Crippen molar-refractivity contribution < 1.29 is 8.42 Å². The van der Waals surface area contributed by atoms with Crippen LogP contribution in [0.5, 0.6) is 0 Å². The molecule has 0 aromatic heterocycles. The van der Waals surface area contributed by atoms with E-state index < -0.39 is 9.84 Å². The predicted molar refractivity (Wildman–Crippen MR) is 55.0 cm³/mol. The highest BCUT2D eigenvalue weighted by Crippen LogP contribution is 2.14. The van der Waals surface area contributed by atoms with E-state index in [-0.39, 0.29) is 10.1 Å². The summed E-state index contributed by atoms with van der Waals surface area (Å²) in [5.74, 6) is 0. The van der Waals surface area contributed by atoms with Crippen LogP contribution in [0.4, 0.5) is 0 Å². The molecule has 1 aromatic carbocycles. The number of hydrogen-bond donors (Lipinski definition) is 0. The molecular weight excluding hydrogens is 200 g/mol. The Morgan fingerprint density at radius 3 is 2.21 bits per heavy atom. The van der Waals surface area contributed by atoms with Crippen LogP contribution in [-0.2, 0) is 9.84 Å². The van der Waals surface area contributed by atoms with E-state index in [1.165, 1.54) is 6.92 Å². The first-order valence-corrected chi connectivity index (χ1v) is 5.53. The van der Waals surface area contributed by atoms with Gasteiger partial charge in [-0.1, -0.05) is 30.3 Å². The van der Waals surface area contributed by atoms with Crippen LogP contribution < -0.4 is 0 Å². The van der Waals surface area contributed by atoms with E-state index in [1.54, 1.807) is 24.3 Å². The number of nitrogens with zero attached hydrogens (tertiary/aromatic N) is 2. The minimum absolute atomic E-state index is 0.0376. The van der Waals surface area contributed by atoms with Crippen molar-refractivity contribution in [3.05, 3.63) is 35.9 Å². The SMILES string of the molecule is CC1=NN=C(c2ccccc2)S1(=O)=O. The van der Waals surface area contributed by atoms with Gasteiger partial charge in [-0.15, -0.1) is 10.2 Å². The van der Waals surface area contributed by atoms with Gasteiger partial charge in [0.15, 0.2) is 10.1 Å². The zero-order valence-corrected chi connectivity index (χ0v) is 8.32. The van der Waals surface area contributed by atoms with E-state index in [0.29, 0.717) is 5.56 Å². The van der Waals surface area contributed by atoms with Gasteiger partial charge >= 0.3 is 0 Å². The Labute approximate surface area is 81.9 Å². The molecule has 1 aromatic rings. The van der Waals surface area contributed by atoms with Gasteiger partial charge in [-0.3, -0.25) is 0 Å². The number of sulfone groups is 1. The summed E-state index contributed by atoms with van der Waals surface area (Å²) in [4.78, 5) is 0. The van der Waals surface area contributed by atoms with Crippen LogP contribution in [0.15, 0.2) is 40.5 Å². The Balaban J connectivity index is 2.53. The van der Waals surface area contributed by atoms with E-state index >= 15 is 0 Å². The second-order valence-electron chi connectivity index (χ2n) is 2.89. The molecule has 0 N–H and O–H groups in total. The molecular formula is C9H8N2O2S. The van der Waals surface area contributed by atoms with Gasteiger partial charge in [-0.25, -0.2) is 8.42 Å². The topological polar surface area (TPSA) is 58.9 Å². The van der Waals surface area contributed by atoms with Crippen molar-refractivity contribution in [1.29, 1.82) is 0 Å². The lowest BCUT2D eigenvalue weighted by Gasteiger charge is -1.99. The van der Waals surface area contributed by atoms with E-state index in [9.17, 15) is 8.42 Å². The highest BCUT2D eigenvalue weighted by molar-refractivity contribution is 8.20. The minimum atomic E-state index is -3.42. The molecule has 0 fully saturated rings. The first-order valence-electron chi connectivity index (χ1n) is 4.05. The maximum absolute atomic E-state index is 11.6. The van der Waals surface area contributed by atoms with Crippen LogP contribution in [0.3, 0.4) is 0 Å². The summed E-state index contributed by atoms with van der Waals surface area (Å²) in [5.41, 5.74) is 0.577. The van der Waals surface area contributed by atoms with E-state index in [0.717, 1.165) is 0 Å². The summed E-state index contributed by atoms with van der Waals surface area (Å²) in [6.45, 7) is 1.44. The lowest BCUT2D eigenvalue weighted by atomic mass is 10.2. The van der Waals surface area contributed by atoms with E-state index in [4.69, 9.17) is 0 Å². The summed E-state index contributed by atoms with van der Waals surface area (Å²) < 4.78 is 23.3. The fourth-order valence-electron chi connectivity index (χ4n) is 1.16. The van der Waals surface area contributed by atoms with Gasteiger partial charge in [0.2, 0.25) is 9.84 Å². The summed E-state index contributed by atoms with van der Waals surface area (Å²) in [7, 11) is -3.42. The van der Waals surface area contributed by atoms with Gasteiger partial charge in [-0.05, 0) is 6.92 Å². The maximum atomic E-state index is 11.6. The zero-order chi connectivity index (χ0) is 10.2. The monoisotopic (exact) mass is 208 g/mol. The molecule has 0 radical (unpaired) electrons. The molecule has 0 spiro atoms. The third kappa shape index (κ3) is 1.26. The molecule has 5 heteroatoms. The quantitative estimate of drug-likeness (QED) is 0.696. The van der Waals surface area contributed by atoms with Gasteiger partial charge in [0, 0.05) is 5.56 Å². The van der Waals surface area contributed by atoms with Gasteiger partial charge in [0.05, 0.1) is 0 Å². The van der Waals surface area contributed by atoms with Gasteiger partial charge < -0.3 is 0 Å². The Hall–Kier alpha value is -1.49. The van der Waals surface area contributed by atoms with Crippen LogP contribution >= 0.6 is 0 Å². The summed E-state index contributed by atoms with van der Waals surface area (Å²) in [5, 5.41) is 7.31. The van der Waals surface area contributed by atoms with Crippen LogP contribution in [0.1, 0.15) is 12.5 Å². The fraction of sp³-hybridized carbons (Fsp3) is 0.111. The highest BCUT2D eigenvalue weighted by Gasteiger charge is 2.29. The lowest BCUT2D eigenvalue weighted by Crippen LogP contribution is -2.18. The maximum Gasteiger partial charge on any atom is 0.241 e. The average molecular weight is 208 g/mol. The molecule has 0 bridgehead atoms. The lowest BCUT2D eigenvalue weighted by molar-refractivity contribution is 0.618. The Kier molecular flexibility index (Phi) is 1.96. The second kappa shape index (κ2) is 3.02. The molecule has 14 heavy (non-hydrogen) atoms. The zero-order valence-electron chi connectivity index (χ0n) is 7.51.